The molecule has 1 saturated heterocycles. The minimum absolute atomic E-state index is 0.00209. The monoisotopic (exact) mass is 634 g/mol. The van der Waals surface area contributed by atoms with E-state index in [-0.39, 0.29) is 34.0 Å². The molecule has 256 valence electrons. The van der Waals surface area contributed by atoms with Crippen molar-refractivity contribution in [3.63, 3.8) is 0 Å². The number of allylic oxidation sites excluding steroid dienone is 1. The number of ether oxygens (including phenoxy) is 2. The Bertz CT molecular complexity index is 1230. The molecule has 6 aliphatic rings. The lowest BCUT2D eigenvalue weighted by Gasteiger charge is -2.72. The maximum absolute atomic E-state index is 13.0. The van der Waals surface area contributed by atoms with Crippen LogP contribution in [0.25, 0.3) is 0 Å². The minimum Gasteiger partial charge on any atom is -0.481 e. The fourth-order valence-electron chi connectivity index (χ4n) is 12.5. The number of carbonyl (C=O) groups is 1. The van der Waals surface area contributed by atoms with Gasteiger partial charge >= 0.3 is 5.97 Å². The summed E-state index contributed by atoms with van der Waals surface area (Å²) in [7, 11) is 0. The molecule has 5 aliphatic carbocycles. The highest BCUT2D eigenvalue weighted by Gasteiger charge is 2.72. The van der Waals surface area contributed by atoms with E-state index in [4.69, 9.17) is 9.47 Å². The van der Waals surface area contributed by atoms with Crippen LogP contribution in [0.15, 0.2) is 11.6 Å². The van der Waals surface area contributed by atoms with E-state index in [1.165, 1.54) is 0 Å². The van der Waals surface area contributed by atoms with E-state index in [0.717, 1.165) is 31.3 Å². The summed E-state index contributed by atoms with van der Waals surface area (Å²) in [5.41, 5.74) is -2.13. The molecule has 0 aromatic heterocycles. The van der Waals surface area contributed by atoms with Gasteiger partial charge in [-0.15, -0.1) is 0 Å². The highest BCUT2D eigenvalue weighted by atomic mass is 16.7. The second kappa shape index (κ2) is 10.5. The van der Waals surface area contributed by atoms with E-state index in [0.29, 0.717) is 25.7 Å². The first-order chi connectivity index (χ1) is 20.7. The molecule has 0 bridgehead atoms. The Kier molecular flexibility index (Phi) is 7.86. The van der Waals surface area contributed by atoms with Gasteiger partial charge in [0, 0.05) is 5.92 Å². The van der Waals surface area contributed by atoms with E-state index in [1.54, 1.807) is 6.92 Å². The van der Waals surface area contributed by atoms with Crippen molar-refractivity contribution in [1.82, 2.24) is 0 Å². The summed E-state index contributed by atoms with van der Waals surface area (Å²) in [6, 6.07) is 0. The second-order valence-electron chi connectivity index (χ2n) is 17.7. The summed E-state index contributed by atoms with van der Waals surface area (Å²) >= 11 is 0. The number of hydrogen-bond acceptors (Lipinski definition) is 8. The van der Waals surface area contributed by atoms with Crippen LogP contribution in [0.4, 0.5) is 0 Å². The number of rotatable bonds is 3. The SMILES string of the molecule is C[C@@H]1CC[C@]2(C(=O)O)CC[C@]3(C)C(=CC[C@@H]4[C@@]5(C)C[C@@H](O)[C@H](O[C@@H]6O[C@H](C)[C@H](O)[C@H](O)[C@H]6O)C(C)(C)[C@@H]5CC[C@]43C)[C@@H]2[C@]1(C)O. The minimum atomic E-state index is -1.44. The molecule has 1 aliphatic heterocycles. The smallest absolute Gasteiger partial charge is 0.310 e. The molecule has 9 heteroatoms. The second-order valence-corrected chi connectivity index (χ2v) is 17.7. The summed E-state index contributed by atoms with van der Waals surface area (Å²) in [5, 5.41) is 65.9. The standard InChI is InChI=1S/C36H58O9/c1-18-11-14-36(30(41)42)16-15-33(6)20(27(36)35(18,8)43)9-10-23-32(5)17-21(37)28(31(3,4)22(32)12-13-34(23,33)7)45-29-26(40)25(39)24(38)19(2)44-29/h9,18-19,21-29,37-40,43H,10-17H2,1-8H3,(H,41,42)/t18-,19-,21-,22+,23-,24+,25+,26-,27-,28+,29+,32+,33-,34-,35-,36+/m1/s1. The third kappa shape index (κ3) is 4.33. The number of carboxylic acid groups (broad SMARTS) is 1. The van der Waals surface area contributed by atoms with Gasteiger partial charge in [0.1, 0.15) is 18.3 Å². The van der Waals surface area contributed by atoms with Crippen molar-refractivity contribution in [2.45, 2.75) is 155 Å². The molecule has 5 fully saturated rings. The molecular formula is C36H58O9. The fourth-order valence-corrected chi connectivity index (χ4v) is 12.5. The summed E-state index contributed by atoms with van der Waals surface area (Å²) in [6.45, 7) is 16.9. The molecule has 0 radical (unpaired) electrons. The lowest BCUT2D eigenvalue weighted by atomic mass is 9.33. The molecule has 9 nitrogen and oxygen atoms in total. The molecule has 0 unspecified atom stereocenters. The largest absolute Gasteiger partial charge is 0.481 e. The highest BCUT2D eigenvalue weighted by molar-refractivity contribution is 5.77. The van der Waals surface area contributed by atoms with Gasteiger partial charge in [0.15, 0.2) is 6.29 Å². The van der Waals surface area contributed by atoms with Gasteiger partial charge in [0.05, 0.1) is 29.3 Å². The Morgan fingerprint density at radius 1 is 0.889 bits per heavy atom. The summed E-state index contributed by atoms with van der Waals surface area (Å²) in [5.74, 6) is -0.801. The third-order valence-corrected chi connectivity index (χ3v) is 15.5. The van der Waals surface area contributed by atoms with Gasteiger partial charge in [-0.1, -0.05) is 53.2 Å². The normalized spacial score (nSPS) is 57.4. The van der Waals surface area contributed by atoms with Crippen molar-refractivity contribution in [3.05, 3.63) is 11.6 Å². The van der Waals surface area contributed by atoms with E-state index in [9.17, 15) is 35.4 Å². The van der Waals surface area contributed by atoms with Gasteiger partial charge < -0.3 is 40.1 Å². The van der Waals surface area contributed by atoms with Gasteiger partial charge in [-0.3, -0.25) is 4.79 Å². The van der Waals surface area contributed by atoms with Crippen molar-refractivity contribution >= 4 is 5.97 Å². The Balaban J connectivity index is 1.35. The quantitative estimate of drug-likeness (QED) is 0.199. The lowest BCUT2D eigenvalue weighted by molar-refractivity contribution is -0.336. The molecule has 45 heavy (non-hydrogen) atoms. The number of aliphatic hydroxyl groups is 5. The Labute approximate surface area is 268 Å². The van der Waals surface area contributed by atoms with Gasteiger partial charge in [0.25, 0.3) is 0 Å². The number of fused-ring (bicyclic) bond motifs is 7. The zero-order valence-corrected chi connectivity index (χ0v) is 28.5. The summed E-state index contributed by atoms with van der Waals surface area (Å²) in [6.07, 6.45) is 0.567. The maximum Gasteiger partial charge on any atom is 0.310 e. The van der Waals surface area contributed by atoms with E-state index >= 15 is 0 Å². The Morgan fingerprint density at radius 2 is 1.56 bits per heavy atom. The van der Waals surface area contributed by atoms with Crippen LogP contribution in [0.2, 0.25) is 0 Å². The van der Waals surface area contributed by atoms with Crippen LogP contribution in [0.5, 0.6) is 0 Å². The van der Waals surface area contributed by atoms with E-state index in [1.807, 2.05) is 6.92 Å². The Hall–Kier alpha value is -1.07. The van der Waals surface area contributed by atoms with Crippen LogP contribution < -0.4 is 0 Å². The number of hydrogen-bond donors (Lipinski definition) is 6. The molecule has 6 rings (SSSR count). The van der Waals surface area contributed by atoms with Crippen LogP contribution >= 0.6 is 0 Å². The van der Waals surface area contributed by atoms with Gasteiger partial charge in [-0.05, 0) is 105 Å². The number of aliphatic hydroxyl groups excluding tert-OH is 4. The molecule has 6 N–H and O–H groups in total. The number of aliphatic carboxylic acids is 1. The first kappa shape index (κ1) is 33.8. The average Bonchev–Trinajstić information content (AvgIpc) is 2.94. The van der Waals surface area contributed by atoms with Gasteiger partial charge in [0.2, 0.25) is 0 Å². The van der Waals surface area contributed by atoms with Crippen LogP contribution in [0.3, 0.4) is 0 Å². The molecule has 0 aromatic carbocycles. The van der Waals surface area contributed by atoms with Gasteiger partial charge in [-0.25, -0.2) is 0 Å². The molecule has 1 heterocycles. The van der Waals surface area contributed by atoms with Crippen molar-refractivity contribution in [1.29, 1.82) is 0 Å². The zero-order valence-electron chi connectivity index (χ0n) is 28.5. The van der Waals surface area contributed by atoms with Gasteiger partial charge in [-0.2, -0.15) is 0 Å². The fraction of sp³-hybridized carbons (Fsp3) is 0.917. The van der Waals surface area contributed by atoms with Crippen LogP contribution in [0.1, 0.15) is 107 Å². The van der Waals surface area contributed by atoms with Crippen molar-refractivity contribution < 1.29 is 44.9 Å². The van der Waals surface area contributed by atoms with E-state index in [2.05, 4.69) is 47.6 Å². The topological polar surface area (TPSA) is 157 Å². The van der Waals surface area contributed by atoms with E-state index < -0.39 is 71.2 Å². The van der Waals surface area contributed by atoms with Crippen LogP contribution in [-0.2, 0) is 14.3 Å². The number of carboxylic acids is 1. The maximum atomic E-state index is 13.0. The molecular weight excluding hydrogens is 576 g/mol. The molecule has 16 atom stereocenters. The molecule has 0 amide bonds. The third-order valence-electron chi connectivity index (χ3n) is 15.5. The van der Waals surface area contributed by atoms with Crippen LogP contribution in [-0.4, -0.2) is 85.1 Å². The molecule has 0 spiro atoms. The van der Waals surface area contributed by atoms with Crippen molar-refractivity contribution in [3.8, 4) is 0 Å². The molecule has 4 saturated carbocycles. The predicted molar refractivity (Wildman–Crippen MR) is 167 cm³/mol. The van der Waals surface area contributed by atoms with Crippen LogP contribution in [0, 0.1) is 50.7 Å². The predicted octanol–water partition coefficient (Wildman–Crippen LogP) is 4.03. The molecule has 0 aromatic rings. The highest BCUT2D eigenvalue weighted by Crippen LogP contribution is 2.76. The average molecular weight is 635 g/mol. The summed E-state index contributed by atoms with van der Waals surface area (Å²) < 4.78 is 12.1. The lowest BCUT2D eigenvalue weighted by Crippen LogP contribution is -2.69. The summed E-state index contributed by atoms with van der Waals surface area (Å²) in [4.78, 5) is 13.0. The first-order valence-electron chi connectivity index (χ1n) is 17.4. The Morgan fingerprint density at radius 3 is 2.20 bits per heavy atom. The first-order valence-corrected chi connectivity index (χ1v) is 17.4. The van der Waals surface area contributed by atoms with Crippen molar-refractivity contribution in [2.24, 2.45) is 50.7 Å². The van der Waals surface area contributed by atoms with Crippen molar-refractivity contribution in [2.75, 3.05) is 0 Å². The zero-order chi connectivity index (χ0) is 33.3.